The van der Waals surface area contributed by atoms with Crippen LogP contribution in [0.25, 0.3) is 0 Å². The Labute approximate surface area is 106 Å². The Morgan fingerprint density at radius 3 is 2.12 bits per heavy atom. The molecular formula is C9H3Cl3N2O2. The van der Waals surface area contributed by atoms with Crippen molar-refractivity contribution in [1.29, 1.82) is 0 Å². The van der Waals surface area contributed by atoms with Crippen LogP contribution in [-0.2, 0) is 9.59 Å². The molecule has 0 aliphatic rings. The van der Waals surface area contributed by atoms with Gasteiger partial charge < -0.3 is 0 Å². The van der Waals surface area contributed by atoms with E-state index in [-0.39, 0.29) is 20.6 Å². The highest BCUT2D eigenvalue weighted by atomic mass is 35.5. The third kappa shape index (κ3) is 2.92. The largest absolute Gasteiger partial charge is 0.237 e. The van der Waals surface area contributed by atoms with E-state index in [4.69, 9.17) is 34.8 Å². The quantitative estimate of drug-likeness (QED) is 0.483. The van der Waals surface area contributed by atoms with Gasteiger partial charge in [0.25, 0.3) is 0 Å². The molecule has 1 aromatic carbocycles. The van der Waals surface area contributed by atoms with Crippen molar-refractivity contribution in [2.75, 3.05) is 0 Å². The fourth-order valence-electron chi connectivity index (χ4n) is 1.03. The highest BCUT2D eigenvalue weighted by Crippen LogP contribution is 2.35. The molecule has 7 heteroatoms. The van der Waals surface area contributed by atoms with Gasteiger partial charge in [-0.1, -0.05) is 34.8 Å². The number of rotatable bonds is 3. The molecule has 0 aliphatic heterocycles. The zero-order valence-electron chi connectivity index (χ0n) is 7.58. The highest BCUT2D eigenvalue weighted by molar-refractivity contribution is 6.43. The van der Waals surface area contributed by atoms with Crippen LogP contribution in [0.15, 0.2) is 22.1 Å². The van der Waals surface area contributed by atoms with E-state index in [0.29, 0.717) is 0 Å². The lowest BCUT2D eigenvalue weighted by Gasteiger charge is -2.08. The fraction of sp³-hybridized carbons (Fsp3) is 0.111. The van der Waals surface area contributed by atoms with Gasteiger partial charge in [0, 0.05) is 10.6 Å². The van der Waals surface area contributed by atoms with E-state index in [1.165, 1.54) is 24.3 Å². The normalized spacial score (nSPS) is 11.2. The van der Waals surface area contributed by atoms with Crippen molar-refractivity contribution in [3.63, 3.8) is 0 Å². The van der Waals surface area contributed by atoms with E-state index in [9.17, 15) is 9.59 Å². The lowest BCUT2D eigenvalue weighted by molar-refractivity contribution is 0.552. The third-order valence-electron chi connectivity index (χ3n) is 1.65. The molecule has 4 nitrogen and oxygen atoms in total. The molecule has 0 heterocycles. The van der Waals surface area contributed by atoms with Crippen molar-refractivity contribution in [1.82, 2.24) is 0 Å². The molecule has 0 aromatic heterocycles. The summed E-state index contributed by atoms with van der Waals surface area (Å²) in [5, 5.41) is 0.585. The minimum absolute atomic E-state index is 0.120. The number of benzene rings is 1. The highest BCUT2D eigenvalue weighted by Gasteiger charge is 2.16. The molecule has 0 saturated carbocycles. The first-order chi connectivity index (χ1) is 7.60. The van der Waals surface area contributed by atoms with Crippen molar-refractivity contribution in [3.8, 4) is 0 Å². The number of halogens is 3. The Balaban J connectivity index is 3.39. The van der Waals surface area contributed by atoms with Crippen LogP contribution in [-0.4, -0.2) is 12.2 Å². The molecule has 0 radical (unpaired) electrons. The van der Waals surface area contributed by atoms with Crippen molar-refractivity contribution in [2.24, 2.45) is 9.98 Å². The van der Waals surface area contributed by atoms with Crippen molar-refractivity contribution in [3.05, 3.63) is 32.8 Å². The maximum atomic E-state index is 10.2. The van der Waals surface area contributed by atoms with Crippen LogP contribution in [0.5, 0.6) is 0 Å². The first-order valence-electron chi connectivity index (χ1n) is 3.88. The number of nitrogens with zero attached hydrogens (tertiary/aromatic N) is 2. The second-order valence-corrected chi connectivity index (χ2v) is 3.83. The summed E-state index contributed by atoms with van der Waals surface area (Å²) in [7, 11) is 0. The van der Waals surface area contributed by atoms with Crippen molar-refractivity contribution >= 4 is 47.0 Å². The van der Waals surface area contributed by atoms with Crippen LogP contribution in [0.3, 0.4) is 0 Å². The summed E-state index contributed by atoms with van der Waals surface area (Å²) in [6, 6.07) is 2.82. The van der Waals surface area contributed by atoms with Crippen LogP contribution in [0, 0.1) is 0 Å². The fourth-order valence-corrected chi connectivity index (χ4v) is 1.75. The average molecular weight is 277 g/mol. The lowest BCUT2D eigenvalue weighted by atomic mass is 10.2. The van der Waals surface area contributed by atoms with Gasteiger partial charge in [-0.2, -0.15) is 9.98 Å². The minimum atomic E-state index is -1.13. The maximum Gasteiger partial charge on any atom is 0.237 e. The smallest absolute Gasteiger partial charge is 0.211 e. The minimum Gasteiger partial charge on any atom is -0.211 e. The van der Waals surface area contributed by atoms with Gasteiger partial charge in [0.1, 0.15) is 0 Å². The summed E-state index contributed by atoms with van der Waals surface area (Å²) in [4.78, 5) is 26.9. The summed E-state index contributed by atoms with van der Waals surface area (Å²) >= 11 is 17.4. The van der Waals surface area contributed by atoms with Crippen LogP contribution < -0.4 is 0 Å². The average Bonchev–Trinajstić information content (AvgIpc) is 2.23. The Morgan fingerprint density at radius 1 is 1.06 bits per heavy atom. The summed E-state index contributed by atoms with van der Waals surface area (Å²) in [5.41, 5.74) is 0.242. The molecule has 0 saturated heterocycles. The van der Waals surface area contributed by atoms with E-state index < -0.39 is 6.17 Å². The standard InChI is InChI=1S/C9H3Cl3N2O2/c10-5-1-6(8(12)7(11)2-5)9(13-3-15)14-4-16/h1-2,9H. The Morgan fingerprint density at radius 2 is 1.62 bits per heavy atom. The first-order valence-corrected chi connectivity index (χ1v) is 5.02. The zero-order valence-corrected chi connectivity index (χ0v) is 9.84. The molecule has 1 rings (SSSR count). The van der Waals surface area contributed by atoms with Gasteiger partial charge in [-0.3, -0.25) is 0 Å². The van der Waals surface area contributed by atoms with Gasteiger partial charge in [-0.05, 0) is 12.1 Å². The molecule has 0 spiro atoms. The van der Waals surface area contributed by atoms with Crippen LogP contribution in [0.4, 0.5) is 0 Å². The molecule has 16 heavy (non-hydrogen) atoms. The molecule has 0 fully saturated rings. The predicted molar refractivity (Wildman–Crippen MR) is 60.5 cm³/mol. The van der Waals surface area contributed by atoms with Crippen LogP contribution in [0.2, 0.25) is 15.1 Å². The Hall–Kier alpha value is -1.15. The topological polar surface area (TPSA) is 58.9 Å². The molecule has 1 aromatic rings. The zero-order chi connectivity index (χ0) is 12.1. The van der Waals surface area contributed by atoms with Crippen molar-refractivity contribution < 1.29 is 9.59 Å². The Bertz CT molecular complexity index is 488. The van der Waals surface area contributed by atoms with Crippen molar-refractivity contribution in [2.45, 2.75) is 6.17 Å². The van der Waals surface area contributed by atoms with Crippen LogP contribution >= 0.6 is 34.8 Å². The number of isocyanates is 2. The molecule has 0 bridgehead atoms. The van der Waals surface area contributed by atoms with E-state index in [2.05, 4.69) is 9.98 Å². The number of aliphatic imine (C=N–C) groups is 2. The molecular weight excluding hydrogens is 274 g/mol. The molecule has 0 aliphatic carbocycles. The van der Waals surface area contributed by atoms with E-state index in [1.807, 2.05) is 0 Å². The van der Waals surface area contributed by atoms with E-state index in [0.717, 1.165) is 0 Å². The maximum absolute atomic E-state index is 10.2. The molecule has 82 valence electrons. The summed E-state index contributed by atoms with van der Waals surface area (Å²) in [5.74, 6) is 0. The number of hydrogen-bond donors (Lipinski definition) is 0. The molecule has 0 amide bonds. The van der Waals surface area contributed by atoms with Crippen LogP contribution in [0.1, 0.15) is 11.7 Å². The van der Waals surface area contributed by atoms with Gasteiger partial charge >= 0.3 is 0 Å². The third-order valence-corrected chi connectivity index (χ3v) is 2.68. The SMILES string of the molecule is O=C=NC(N=C=O)c1cc(Cl)cc(Cl)c1Cl. The van der Waals surface area contributed by atoms with E-state index >= 15 is 0 Å². The van der Waals surface area contributed by atoms with Gasteiger partial charge in [-0.25, -0.2) is 9.59 Å². The molecule has 0 atom stereocenters. The van der Waals surface area contributed by atoms with Gasteiger partial charge in [0.2, 0.25) is 12.2 Å². The monoisotopic (exact) mass is 276 g/mol. The van der Waals surface area contributed by atoms with Gasteiger partial charge in [-0.15, -0.1) is 0 Å². The summed E-state index contributed by atoms with van der Waals surface area (Å²) in [6.45, 7) is 0. The predicted octanol–water partition coefficient (Wildman–Crippen LogP) is 3.32. The first kappa shape index (κ1) is 12.9. The summed E-state index contributed by atoms with van der Waals surface area (Å²) in [6.07, 6.45) is 1.42. The molecule has 0 N–H and O–H groups in total. The second kappa shape index (κ2) is 5.80. The van der Waals surface area contributed by atoms with Gasteiger partial charge in [0.05, 0.1) is 10.0 Å². The van der Waals surface area contributed by atoms with E-state index in [1.54, 1.807) is 0 Å². The lowest BCUT2D eigenvalue weighted by Crippen LogP contribution is -1.93. The summed E-state index contributed by atoms with van der Waals surface area (Å²) < 4.78 is 0. The molecule has 0 unspecified atom stereocenters. The second-order valence-electron chi connectivity index (χ2n) is 2.61. The number of carbonyl (C=O) groups excluding carboxylic acids is 2. The van der Waals surface area contributed by atoms with Gasteiger partial charge in [0.15, 0.2) is 6.17 Å². The Kier molecular flexibility index (Phi) is 4.69. The number of hydrogen-bond acceptors (Lipinski definition) is 4.